The van der Waals surface area contributed by atoms with Gasteiger partial charge in [0, 0.05) is 23.2 Å². The predicted octanol–water partition coefficient (Wildman–Crippen LogP) is 10.7. The minimum absolute atomic E-state index is 0.271. The van der Waals surface area contributed by atoms with E-state index in [0.29, 0.717) is 12.8 Å². The molecule has 0 radical (unpaired) electrons. The van der Waals surface area contributed by atoms with Crippen LogP contribution in [0.3, 0.4) is 0 Å². The normalized spacial score (nSPS) is 11.4. The summed E-state index contributed by atoms with van der Waals surface area (Å²) in [6, 6.07) is 19.3. The zero-order valence-electron chi connectivity index (χ0n) is 28.9. The van der Waals surface area contributed by atoms with Crippen molar-refractivity contribution in [3.8, 4) is 0 Å². The topological polar surface area (TPSA) is 52.6 Å². The molecule has 0 bridgehead atoms. The van der Waals surface area contributed by atoms with Gasteiger partial charge in [-0.25, -0.2) is 0 Å². The third-order valence-corrected chi connectivity index (χ3v) is 12.0. The molecule has 0 saturated carbocycles. The molecule has 0 aliphatic heterocycles. The highest BCUT2D eigenvalue weighted by Crippen LogP contribution is 2.17. The third-order valence-electron chi connectivity index (χ3n) is 8.79. The molecule has 0 heterocycles. The SMILES string of the molecule is CCCCCCCCCCCCCC(=O)O[Si](OC(=O)CCCCCCCCCCCCC)(c1ccccc1)c1ccccc1. The highest BCUT2D eigenvalue weighted by molar-refractivity contribution is 6.94. The fourth-order valence-electron chi connectivity index (χ4n) is 6.03. The van der Waals surface area contributed by atoms with E-state index in [1.165, 1.54) is 103 Å². The molecule has 0 amide bonds. The molecule has 0 N–H and O–H groups in total. The van der Waals surface area contributed by atoms with Crippen molar-refractivity contribution in [3.05, 3.63) is 60.7 Å². The van der Waals surface area contributed by atoms with E-state index in [1.54, 1.807) is 0 Å². The van der Waals surface area contributed by atoms with E-state index in [2.05, 4.69) is 13.8 Å². The third kappa shape index (κ3) is 17.2. The first-order chi connectivity index (χ1) is 22.1. The first kappa shape index (κ1) is 38.8. The van der Waals surface area contributed by atoms with Crippen molar-refractivity contribution < 1.29 is 18.4 Å². The summed E-state index contributed by atoms with van der Waals surface area (Å²) in [5, 5.41) is 1.58. The molecule has 0 unspecified atom stereocenters. The van der Waals surface area contributed by atoms with Crippen LogP contribution in [-0.2, 0) is 18.4 Å². The monoisotopic (exact) mass is 636 g/mol. The van der Waals surface area contributed by atoms with E-state index in [4.69, 9.17) is 8.85 Å². The molecule has 0 aliphatic carbocycles. The fraction of sp³-hybridized carbons (Fsp3) is 0.650. The van der Waals surface area contributed by atoms with Gasteiger partial charge in [0.1, 0.15) is 0 Å². The smallest absolute Gasteiger partial charge is 0.478 e. The lowest BCUT2D eigenvalue weighted by Crippen LogP contribution is -2.65. The van der Waals surface area contributed by atoms with Crippen LogP contribution in [0.4, 0.5) is 0 Å². The van der Waals surface area contributed by atoms with Gasteiger partial charge >= 0.3 is 8.56 Å². The lowest BCUT2D eigenvalue weighted by molar-refractivity contribution is -0.140. The molecular weight excluding hydrogens is 573 g/mol. The zero-order valence-corrected chi connectivity index (χ0v) is 29.9. The van der Waals surface area contributed by atoms with Crippen LogP contribution in [0.15, 0.2) is 60.7 Å². The standard InChI is InChI=1S/C40H64O4Si/c1-3-5-7-9-11-13-15-17-19-21-29-35-39(41)43-45(37-31-25-23-26-32-37,38-33-27-24-28-34-38)44-40(42)36-30-22-20-18-16-14-12-10-8-6-4-2/h23-28,31-34H,3-22,29-30,35-36H2,1-2H3. The molecule has 0 aromatic heterocycles. The minimum atomic E-state index is -3.57. The largest absolute Gasteiger partial charge is 0.534 e. The maximum Gasteiger partial charge on any atom is 0.534 e. The van der Waals surface area contributed by atoms with Gasteiger partial charge in [-0.15, -0.1) is 0 Å². The molecule has 2 aromatic rings. The minimum Gasteiger partial charge on any atom is -0.478 e. The van der Waals surface area contributed by atoms with E-state index >= 15 is 0 Å². The number of rotatable bonds is 28. The fourth-order valence-corrected chi connectivity index (χ4v) is 8.98. The molecule has 2 aromatic carbocycles. The molecule has 5 heteroatoms. The Labute approximate surface area is 277 Å². The Hall–Kier alpha value is -2.40. The van der Waals surface area contributed by atoms with E-state index in [0.717, 1.165) is 48.9 Å². The maximum absolute atomic E-state index is 13.3. The number of benzene rings is 2. The number of hydrogen-bond acceptors (Lipinski definition) is 4. The van der Waals surface area contributed by atoms with Crippen molar-refractivity contribution >= 4 is 30.9 Å². The first-order valence-electron chi connectivity index (χ1n) is 18.7. The second-order valence-corrected chi connectivity index (χ2v) is 15.7. The molecule has 0 spiro atoms. The van der Waals surface area contributed by atoms with Crippen molar-refractivity contribution in [2.24, 2.45) is 0 Å². The van der Waals surface area contributed by atoms with E-state index in [1.807, 2.05) is 60.7 Å². The average Bonchev–Trinajstić information content (AvgIpc) is 3.06. The molecule has 45 heavy (non-hydrogen) atoms. The summed E-state index contributed by atoms with van der Waals surface area (Å²) < 4.78 is 12.7. The molecule has 0 atom stereocenters. The maximum atomic E-state index is 13.3. The second-order valence-electron chi connectivity index (χ2n) is 12.9. The summed E-state index contributed by atoms with van der Waals surface area (Å²) >= 11 is 0. The Morgan fingerprint density at radius 2 is 0.689 bits per heavy atom. The van der Waals surface area contributed by atoms with Gasteiger partial charge in [-0.05, 0) is 12.8 Å². The number of unbranched alkanes of at least 4 members (excludes halogenated alkanes) is 20. The summed E-state index contributed by atoms with van der Waals surface area (Å²) in [6.07, 6.45) is 27.7. The quantitative estimate of drug-likeness (QED) is 0.0689. The van der Waals surface area contributed by atoms with Crippen LogP contribution in [0.5, 0.6) is 0 Å². The van der Waals surface area contributed by atoms with Gasteiger partial charge in [-0.3, -0.25) is 9.59 Å². The Morgan fingerprint density at radius 1 is 0.422 bits per heavy atom. The van der Waals surface area contributed by atoms with Crippen LogP contribution < -0.4 is 10.4 Å². The van der Waals surface area contributed by atoms with E-state index in [-0.39, 0.29) is 11.9 Å². The summed E-state index contributed by atoms with van der Waals surface area (Å²) in [5.74, 6) is -0.541. The Morgan fingerprint density at radius 3 is 0.978 bits per heavy atom. The molecule has 0 aliphatic rings. The Balaban J connectivity index is 1.87. The van der Waals surface area contributed by atoms with Crippen LogP contribution in [0.25, 0.3) is 0 Å². The number of carbonyl (C=O) groups excluding carboxylic acids is 2. The van der Waals surface area contributed by atoms with Crippen molar-refractivity contribution in [1.82, 2.24) is 0 Å². The van der Waals surface area contributed by atoms with Crippen LogP contribution in [0.1, 0.15) is 168 Å². The summed E-state index contributed by atoms with van der Waals surface area (Å²) in [4.78, 5) is 26.7. The molecular formula is C40H64O4Si. The number of carbonyl (C=O) groups is 2. The van der Waals surface area contributed by atoms with Crippen molar-refractivity contribution in [2.45, 2.75) is 168 Å². The Bertz CT molecular complexity index is 912. The van der Waals surface area contributed by atoms with Crippen LogP contribution in [0, 0.1) is 0 Å². The van der Waals surface area contributed by atoms with Crippen molar-refractivity contribution in [3.63, 3.8) is 0 Å². The predicted molar refractivity (Wildman–Crippen MR) is 192 cm³/mol. The zero-order chi connectivity index (χ0) is 32.3. The molecule has 252 valence electrons. The van der Waals surface area contributed by atoms with Crippen LogP contribution in [0.2, 0.25) is 0 Å². The molecule has 2 rings (SSSR count). The van der Waals surface area contributed by atoms with Gasteiger partial charge in [0.25, 0.3) is 11.9 Å². The van der Waals surface area contributed by atoms with Gasteiger partial charge in [0.05, 0.1) is 0 Å². The highest BCUT2D eigenvalue weighted by atomic mass is 28.4. The van der Waals surface area contributed by atoms with Gasteiger partial charge in [-0.1, -0.05) is 203 Å². The lowest BCUT2D eigenvalue weighted by atomic mass is 10.1. The van der Waals surface area contributed by atoms with Gasteiger partial charge in [0.2, 0.25) is 0 Å². The van der Waals surface area contributed by atoms with E-state index < -0.39 is 8.56 Å². The average molecular weight is 637 g/mol. The van der Waals surface area contributed by atoms with Gasteiger partial charge in [0.15, 0.2) is 0 Å². The highest BCUT2D eigenvalue weighted by Gasteiger charge is 2.49. The van der Waals surface area contributed by atoms with Crippen LogP contribution >= 0.6 is 0 Å². The lowest BCUT2D eigenvalue weighted by Gasteiger charge is -2.30. The van der Waals surface area contributed by atoms with Crippen molar-refractivity contribution in [1.29, 1.82) is 0 Å². The van der Waals surface area contributed by atoms with Gasteiger partial charge in [-0.2, -0.15) is 0 Å². The summed E-state index contributed by atoms with van der Waals surface area (Å²) in [5.41, 5.74) is 0. The summed E-state index contributed by atoms with van der Waals surface area (Å²) in [6.45, 7) is 4.52. The number of hydrogen-bond donors (Lipinski definition) is 0. The second kappa shape index (κ2) is 25.8. The van der Waals surface area contributed by atoms with E-state index in [9.17, 15) is 9.59 Å². The Kier molecular flexibility index (Phi) is 22.2. The summed E-state index contributed by atoms with van der Waals surface area (Å²) in [7, 11) is -3.57. The molecule has 0 fully saturated rings. The van der Waals surface area contributed by atoms with Gasteiger partial charge < -0.3 is 8.85 Å². The molecule has 0 saturated heterocycles. The van der Waals surface area contributed by atoms with Crippen LogP contribution in [-0.4, -0.2) is 20.5 Å². The van der Waals surface area contributed by atoms with Crippen molar-refractivity contribution in [2.75, 3.05) is 0 Å². The molecule has 4 nitrogen and oxygen atoms in total. The first-order valence-corrected chi connectivity index (χ1v) is 20.5.